The molecule has 2 aromatic rings. The number of nitro benzene ring substituents is 1. The number of carbonyl (C=O) groups is 1. The first-order chi connectivity index (χ1) is 8.59. The molecule has 0 aliphatic rings. The lowest BCUT2D eigenvalue weighted by atomic mass is 10.0. The van der Waals surface area contributed by atoms with Crippen molar-refractivity contribution in [2.24, 2.45) is 0 Å². The first-order valence-electron chi connectivity index (χ1n) is 5.30. The molecule has 0 amide bonds. The molecule has 1 aromatic carbocycles. The van der Waals surface area contributed by atoms with Gasteiger partial charge in [0.15, 0.2) is 0 Å². The van der Waals surface area contributed by atoms with Crippen molar-refractivity contribution in [3.05, 3.63) is 69.5 Å². The zero-order valence-electron chi connectivity index (χ0n) is 9.66. The van der Waals surface area contributed by atoms with Crippen LogP contribution >= 0.6 is 0 Å². The Bertz CT molecular complexity index is 609. The van der Waals surface area contributed by atoms with E-state index >= 15 is 0 Å². The lowest BCUT2D eigenvalue weighted by molar-refractivity contribution is -0.385. The van der Waals surface area contributed by atoms with Crippen LogP contribution in [0.2, 0.25) is 0 Å². The summed E-state index contributed by atoms with van der Waals surface area (Å²) in [5.41, 5.74) is 0.804. The summed E-state index contributed by atoms with van der Waals surface area (Å²) in [6.07, 6.45) is 1.48. The highest BCUT2D eigenvalue weighted by Crippen LogP contribution is 2.22. The van der Waals surface area contributed by atoms with Crippen molar-refractivity contribution in [1.82, 2.24) is 4.98 Å². The Balaban J connectivity index is 2.52. The van der Waals surface area contributed by atoms with Crippen molar-refractivity contribution in [2.45, 2.75) is 6.92 Å². The Morgan fingerprint density at radius 3 is 2.67 bits per heavy atom. The van der Waals surface area contributed by atoms with Gasteiger partial charge in [0.05, 0.1) is 4.92 Å². The molecule has 1 heterocycles. The van der Waals surface area contributed by atoms with Crippen LogP contribution in [0.3, 0.4) is 0 Å². The Morgan fingerprint density at radius 1 is 1.28 bits per heavy atom. The number of aromatic nitrogens is 1. The molecule has 0 saturated heterocycles. The van der Waals surface area contributed by atoms with Gasteiger partial charge >= 0.3 is 0 Å². The molecule has 0 aliphatic heterocycles. The molecule has 5 nitrogen and oxygen atoms in total. The Morgan fingerprint density at radius 2 is 2.06 bits per heavy atom. The number of ketones is 1. The van der Waals surface area contributed by atoms with Crippen molar-refractivity contribution in [1.29, 1.82) is 0 Å². The molecule has 0 saturated carbocycles. The molecule has 2 rings (SSSR count). The number of pyridine rings is 1. The van der Waals surface area contributed by atoms with E-state index in [0.29, 0.717) is 0 Å². The Labute approximate surface area is 103 Å². The van der Waals surface area contributed by atoms with E-state index in [0.717, 1.165) is 5.56 Å². The van der Waals surface area contributed by atoms with Gasteiger partial charge in [-0.2, -0.15) is 0 Å². The lowest BCUT2D eigenvalue weighted by Crippen LogP contribution is -2.07. The van der Waals surface area contributed by atoms with Crippen LogP contribution in [0.4, 0.5) is 5.69 Å². The minimum atomic E-state index is -0.552. The molecule has 18 heavy (non-hydrogen) atoms. The van der Waals surface area contributed by atoms with Crippen molar-refractivity contribution < 1.29 is 9.72 Å². The first kappa shape index (κ1) is 11.9. The van der Waals surface area contributed by atoms with Gasteiger partial charge in [0.1, 0.15) is 11.3 Å². The standard InChI is InChI=1S/C13H10N2O3/c1-9-5-6-10(12(8-9)15(17)18)13(16)11-4-2-3-7-14-11/h2-8H,1H3. The molecular weight excluding hydrogens is 232 g/mol. The highest BCUT2D eigenvalue weighted by atomic mass is 16.6. The van der Waals surface area contributed by atoms with Gasteiger partial charge in [-0.15, -0.1) is 0 Å². The largest absolute Gasteiger partial charge is 0.287 e. The van der Waals surface area contributed by atoms with Crippen LogP contribution in [-0.4, -0.2) is 15.7 Å². The summed E-state index contributed by atoms with van der Waals surface area (Å²) in [7, 11) is 0. The summed E-state index contributed by atoms with van der Waals surface area (Å²) < 4.78 is 0. The number of nitrogens with zero attached hydrogens (tertiary/aromatic N) is 2. The van der Waals surface area contributed by atoms with Crippen molar-refractivity contribution in [2.75, 3.05) is 0 Å². The highest BCUT2D eigenvalue weighted by molar-refractivity contribution is 6.10. The maximum Gasteiger partial charge on any atom is 0.280 e. The normalized spacial score (nSPS) is 10.1. The molecule has 0 radical (unpaired) electrons. The number of rotatable bonds is 3. The average molecular weight is 242 g/mol. The van der Waals surface area contributed by atoms with E-state index in [9.17, 15) is 14.9 Å². The van der Waals surface area contributed by atoms with Gasteiger partial charge in [-0.1, -0.05) is 12.1 Å². The third-order valence-electron chi connectivity index (χ3n) is 2.49. The van der Waals surface area contributed by atoms with Crippen LogP contribution < -0.4 is 0 Å². The minimum Gasteiger partial charge on any atom is -0.287 e. The Kier molecular flexibility index (Phi) is 3.14. The molecule has 0 fully saturated rings. The Hall–Kier alpha value is -2.56. The van der Waals surface area contributed by atoms with E-state index < -0.39 is 10.7 Å². The number of carbonyl (C=O) groups excluding carboxylic acids is 1. The van der Waals surface area contributed by atoms with Crippen LogP contribution in [0.1, 0.15) is 21.6 Å². The summed E-state index contributed by atoms with van der Waals surface area (Å²) >= 11 is 0. The second-order valence-corrected chi connectivity index (χ2v) is 3.82. The van der Waals surface area contributed by atoms with Gasteiger partial charge < -0.3 is 0 Å². The minimum absolute atomic E-state index is 0.0595. The second kappa shape index (κ2) is 4.75. The predicted octanol–water partition coefficient (Wildman–Crippen LogP) is 2.53. The van der Waals surface area contributed by atoms with Crippen LogP contribution in [0.25, 0.3) is 0 Å². The molecule has 1 aromatic heterocycles. The average Bonchev–Trinajstić information content (AvgIpc) is 2.39. The van der Waals surface area contributed by atoms with E-state index in [-0.39, 0.29) is 16.9 Å². The van der Waals surface area contributed by atoms with Gasteiger partial charge in [0.25, 0.3) is 5.69 Å². The van der Waals surface area contributed by atoms with Gasteiger partial charge in [-0.05, 0) is 30.7 Å². The topological polar surface area (TPSA) is 73.1 Å². The first-order valence-corrected chi connectivity index (χ1v) is 5.30. The van der Waals surface area contributed by atoms with Gasteiger partial charge in [-0.25, -0.2) is 0 Å². The molecule has 5 heteroatoms. The number of benzene rings is 1. The maximum atomic E-state index is 12.1. The van der Waals surface area contributed by atoms with Crippen molar-refractivity contribution in [3.63, 3.8) is 0 Å². The smallest absolute Gasteiger partial charge is 0.280 e. The van der Waals surface area contributed by atoms with Crippen LogP contribution in [-0.2, 0) is 0 Å². The van der Waals surface area contributed by atoms with Crippen LogP contribution in [0.5, 0.6) is 0 Å². The SMILES string of the molecule is Cc1ccc(C(=O)c2ccccn2)c([N+](=O)[O-])c1. The molecule has 0 spiro atoms. The molecule has 0 bridgehead atoms. The van der Waals surface area contributed by atoms with Crippen LogP contribution in [0.15, 0.2) is 42.6 Å². The zero-order valence-corrected chi connectivity index (χ0v) is 9.66. The fourth-order valence-electron chi connectivity index (χ4n) is 1.62. The van der Waals surface area contributed by atoms with E-state index in [1.807, 2.05) is 0 Å². The van der Waals surface area contributed by atoms with E-state index in [2.05, 4.69) is 4.98 Å². The lowest BCUT2D eigenvalue weighted by Gasteiger charge is -2.02. The number of aryl methyl sites for hydroxylation is 1. The quantitative estimate of drug-likeness (QED) is 0.471. The fourth-order valence-corrected chi connectivity index (χ4v) is 1.62. The summed E-state index contributed by atoms with van der Waals surface area (Å²) in [4.78, 5) is 26.4. The molecule has 90 valence electrons. The monoisotopic (exact) mass is 242 g/mol. The number of nitro groups is 1. The molecule has 0 atom stereocenters. The summed E-state index contributed by atoms with van der Waals surface area (Å²) in [6, 6.07) is 9.40. The van der Waals surface area contributed by atoms with Crippen LogP contribution in [0, 0.1) is 17.0 Å². The summed E-state index contributed by atoms with van der Waals surface area (Å²) in [5.74, 6) is -0.442. The zero-order chi connectivity index (χ0) is 13.1. The van der Waals surface area contributed by atoms with E-state index in [4.69, 9.17) is 0 Å². The number of hydrogen-bond acceptors (Lipinski definition) is 4. The summed E-state index contributed by atoms with van der Waals surface area (Å²) in [6.45, 7) is 1.74. The third kappa shape index (κ3) is 2.24. The highest BCUT2D eigenvalue weighted by Gasteiger charge is 2.21. The third-order valence-corrected chi connectivity index (χ3v) is 2.49. The summed E-state index contributed by atoms with van der Waals surface area (Å²) in [5, 5.41) is 10.9. The molecule has 0 N–H and O–H groups in total. The van der Waals surface area contributed by atoms with Gasteiger partial charge in [0.2, 0.25) is 5.78 Å². The number of hydrogen-bond donors (Lipinski definition) is 0. The van der Waals surface area contributed by atoms with Gasteiger partial charge in [-0.3, -0.25) is 19.9 Å². The fraction of sp³-hybridized carbons (Fsp3) is 0.0769. The molecule has 0 aliphatic carbocycles. The van der Waals surface area contributed by atoms with Gasteiger partial charge in [0, 0.05) is 12.3 Å². The van der Waals surface area contributed by atoms with Crippen molar-refractivity contribution >= 4 is 11.5 Å². The van der Waals surface area contributed by atoms with Crippen molar-refractivity contribution in [3.8, 4) is 0 Å². The van der Waals surface area contributed by atoms with E-state index in [1.54, 1.807) is 25.1 Å². The second-order valence-electron chi connectivity index (χ2n) is 3.82. The predicted molar refractivity (Wildman–Crippen MR) is 65.5 cm³/mol. The van der Waals surface area contributed by atoms with E-state index in [1.165, 1.54) is 24.4 Å². The molecule has 0 unspecified atom stereocenters. The maximum absolute atomic E-state index is 12.1. The molecular formula is C13H10N2O3.